The Labute approximate surface area is 183 Å². The molecule has 0 aliphatic heterocycles. The summed E-state index contributed by atoms with van der Waals surface area (Å²) in [4.78, 5) is 2.15. The Balaban J connectivity index is 1.84. The molecule has 0 radical (unpaired) electrons. The number of nitrogens with zero attached hydrogens (tertiary/aromatic N) is 1. The summed E-state index contributed by atoms with van der Waals surface area (Å²) in [6.07, 6.45) is 0. The van der Waals surface area contributed by atoms with Gasteiger partial charge in [0, 0.05) is 29.4 Å². The van der Waals surface area contributed by atoms with Crippen molar-refractivity contribution in [1.82, 2.24) is 4.90 Å². The summed E-state index contributed by atoms with van der Waals surface area (Å²) in [6, 6.07) is 24.2. The van der Waals surface area contributed by atoms with Gasteiger partial charge in [-0.05, 0) is 61.5 Å². The van der Waals surface area contributed by atoms with Gasteiger partial charge in [-0.25, -0.2) is 0 Å². The number of nitrogens with one attached hydrogen (secondary N) is 1. The van der Waals surface area contributed by atoms with Gasteiger partial charge in [0.1, 0.15) is 5.75 Å². The molecule has 29 heavy (non-hydrogen) atoms. The summed E-state index contributed by atoms with van der Waals surface area (Å²) >= 11 is 11.9. The molecule has 0 saturated carbocycles. The van der Waals surface area contributed by atoms with Crippen LogP contribution in [0.1, 0.15) is 23.6 Å². The van der Waals surface area contributed by atoms with Crippen molar-refractivity contribution in [2.24, 2.45) is 0 Å². The summed E-state index contributed by atoms with van der Waals surface area (Å²) < 4.78 is 5.81. The molecule has 0 spiro atoms. The molecule has 3 rings (SSSR count). The topological polar surface area (TPSA) is 24.5 Å². The van der Waals surface area contributed by atoms with Gasteiger partial charge in [-0.15, -0.1) is 0 Å². The number of halogens is 1. The second kappa shape index (κ2) is 10.3. The predicted molar refractivity (Wildman–Crippen MR) is 126 cm³/mol. The molecule has 3 aromatic carbocycles. The third kappa shape index (κ3) is 5.96. The van der Waals surface area contributed by atoms with E-state index in [0.29, 0.717) is 24.8 Å². The molecule has 150 valence electrons. The number of para-hydroxylation sites is 1. The zero-order chi connectivity index (χ0) is 20.6. The molecule has 0 saturated heterocycles. The fourth-order valence-corrected chi connectivity index (χ4v) is 3.43. The van der Waals surface area contributed by atoms with Crippen molar-refractivity contribution in [2.75, 3.05) is 11.9 Å². The van der Waals surface area contributed by atoms with E-state index in [0.717, 1.165) is 27.6 Å². The predicted octanol–water partition coefficient (Wildman–Crippen LogP) is 6.45. The standard InChI is InChI=1S/C24H25ClN2OS/c1-3-28-23-12-8-7-11-20(23)17-27(16-19-9-5-4-6-10-19)24(29)26-21-13-14-22(25)18(2)15-21/h4-15H,3,16-17H2,1-2H3,(H,26,29). The largest absolute Gasteiger partial charge is 0.494 e. The number of benzene rings is 3. The minimum atomic E-state index is 0.627. The van der Waals surface area contributed by atoms with E-state index < -0.39 is 0 Å². The SMILES string of the molecule is CCOc1ccccc1CN(Cc1ccccc1)C(=S)Nc1ccc(Cl)c(C)c1. The van der Waals surface area contributed by atoms with E-state index >= 15 is 0 Å². The Bertz CT molecular complexity index is 962. The molecule has 3 aromatic rings. The molecule has 0 aliphatic carbocycles. The Morgan fingerprint density at radius 3 is 2.45 bits per heavy atom. The molecule has 0 aromatic heterocycles. The van der Waals surface area contributed by atoms with Crippen molar-refractivity contribution in [3.8, 4) is 5.75 Å². The van der Waals surface area contributed by atoms with Crippen LogP contribution in [-0.4, -0.2) is 16.6 Å². The molecular formula is C24H25ClN2OS. The molecule has 0 heterocycles. The van der Waals surface area contributed by atoms with E-state index in [2.05, 4.69) is 28.4 Å². The normalized spacial score (nSPS) is 10.4. The third-order valence-corrected chi connectivity index (χ3v) is 5.33. The summed E-state index contributed by atoms with van der Waals surface area (Å²) in [7, 11) is 0. The van der Waals surface area contributed by atoms with Gasteiger partial charge in [0.2, 0.25) is 0 Å². The van der Waals surface area contributed by atoms with Gasteiger partial charge in [0.15, 0.2) is 5.11 Å². The molecule has 0 unspecified atom stereocenters. The maximum atomic E-state index is 6.16. The van der Waals surface area contributed by atoms with Crippen LogP contribution in [0.2, 0.25) is 5.02 Å². The number of aryl methyl sites for hydroxylation is 1. The highest BCUT2D eigenvalue weighted by Gasteiger charge is 2.14. The number of rotatable bonds is 7. The van der Waals surface area contributed by atoms with Crippen LogP contribution < -0.4 is 10.1 Å². The first-order chi connectivity index (χ1) is 14.1. The maximum Gasteiger partial charge on any atom is 0.174 e. The molecule has 5 heteroatoms. The van der Waals surface area contributed by atoms with Crippen molar-refractivity contribution in [2.45, 2.75) is 26.9 Å². The number of hydrogen-bond acceptors (Lipinski definition) is 2. The number of hydrogen-bond donors (Lipinski definition) is 1. The Kier molecular flexibility index (Phi) is 7.50. The van der Waals surface area contributed by atoms with Gasteiger partial charge in [0.05, 0.1) is 6.61 Å². The van der Waals surface area contributed by atoms with Gasteiger partial charge < -0.3 is 15.0 Å². The lowest BCUT2D eigenvalue weighted by atomic mass is 10.1. The average Bonchev–Trinajstić information content (AvgIpc) is 2.72. The fraction of sp³-hybridized carbons (Fsp3) is 0.208. The van der Waals surface area contributed by atoms with E-state index in [4.69, 9.17) is 28.6 Å². The highest BCUT2D eigenvalue weighted by molar-refractivity contribution is 7.80. The van der Waals surface area contributed by atoms with E-state index in [-0.39, 0.29) is 0 Å². The molecule has 3 nitrogen and oxygen atoms in total. The van der Waals surface area contributed by atoms with Crippen molar-refractivity contribution in [3.63, 3.8) is 0 Å². The lowest BCUT2D eigenvalue weighted by molar-refractivity contribution is 0.327. The van der Waals surface area contributed by atoms with Crippen LogP contribution in [0.5, 0.6) is 5.75 Å². The second-order valence-corrected chi connectivity index (χ2v) is 7.57. The lowest BCUT2D eigenvalue weighted by Gasteiger charge is -2.27. The smallest absolute Gasteiger partial charge is 0.174 e. The zero-order valence-electron chi connectivity index (χ0n) is 16.7. The Morgan fingerprint density at radius 2 is 1.72 bits per heavy atom. The summed E-state index contributed by atoms with van der Waals surface area (Å²) in [5, 5.41) is 4.76. The second-order valence-electron chi connectivity index (χ2n) is 6.78. The van der Waals surface area contributed by atoms with Gasteiger partial charge in [-0.1, -0.05) is 60.1 Å². The monoisotopic (exact) mass is 424 g/mol. The molecule has 0 aliphatic rings. The number of thiocarbonyl (C=S) groups is 1. The van der Waals surface area contributed by atoms with Crippen LogP contribution in [0.25, 0.3) is 0 Å². The maximum absolute atomic E-state index is 6.16. The summed E-state index contributed by atoms with van der Waals surface area (Å²) in [5.74, 6) is 0.887. The zero-order valence-corrected chi connectivity index (χ0v) is 18.3. The minimum absolute atomic E-state index is 0.627. The van der Waals surface area contributed by atoms with E-state index in [1.165, 1.54) is 5.56 Å². The summed E-state index contributed by atoms with van der Waals surface area (Å²) in [5.41, 5.74) is 4.23. The molecule has 1 N–H and O–H groups in total. The van der Waals surface area contributed by atoms with Crippen molar-refractivity contribution in [1.29, 1.82) is 0 Å². The minimum Gasteiger partial charge on any atom is -0.494 e. The van der Waals surface area contributed by atoms with Crippen LogP contribution in [0, 0.1) is 6.92 Å². The quantitative estimate of drug-likeness (QED) is 0.440. The van der Waals surface area contributed by atoms with Crippen molar-refractivity contribution >= 4 is 34.6 Å². The van der Waals surface area contributed by atoms with Crippen LogP contribution in [-0.2, 0) is 13.1 Å². The number of anilines is 1. The number of ether oxygens (including phenoxy) is 1. The molecular weight excluding hydrogens is 400 g/mol. The van der Waals surface area contributed by atoms with Crippen LogP contribution in [0.4, 0.5) is 5.69 Å². The van der Waals surface area contributed by atoms with Gasteiger partial charge in [-0.2, -0.15) is 0 Å². The van der Waals surface area contributed by atoms with Crippen molar-refractivity contribution < 1.29 is 4.74 Å². The first kappa shape index (κ1) is 21.2. The van der Waals surface area contributed by atoms with Gasteiger partial charge >= 0.3 is 0 Å². The third-order valence-electron chi connectivity index (χ3n) is 4.55. The summed E-state index contributed by atoms with van der Waals surface area (Å²) in [6.45, 7) is 5.94. The Hall–Kier alpha value is -2.56. The molecule has 0 bridgehead atoms. The van der Waals surface area contributed by atoms with Crippen LogP contribution in [0.15, 0.2) is 72.8 Å². The van der Waals surface area contributed by atoms with Crippen molar-refractivity contribution in [3.05, 3.63) is 94.5 Å². The Morgan fingerprint density at radius 1 is 1.00 bits per heavy atom. The first-order valence-electron chi connectivity index (χ1n) is 9.63. The van der Waals surface area contributed by atoms with Crippen LogP contribution in [0.3, 0.4) is 0 Å². The van der Waals surface area contributed by atoms with E-state index in [1.807, 2.05) is 68.4 Å². The fourth-order valence-electron chi connectivity index (χ4n) is 3.06. The van der Waals surface area contributed by atoms with Crippen LogP contribution >= 0.6 is 23.8 Å². The van der Waals surface area contributed by atoms with E-state index in [9.17, 15) is 0 Å². The van der Waals surface area contributed by atoms with Gasteiger partial charge in [-0.3, -0.25) is 0 Å². The lowest BCUT2D eigenvalue weighted by Crippen LogP contribution is -2.34. The highest BCUT2D eigenvalue weighted by Crippen LogP contribution is 2.23. The molecule has 0 fully saturated rings. The average molecular weight is 425 g/mol. The molecule has 0 amide bonds. The first-order valence-corrected chi connectivity index (χ1v) is 10.4. The highest BCUT2D eigenvalue weighted by atomic mass is 35.5. The van der Waals surface area contributed by atoms with E-state index in [1.54, 1.807) is 0 Å². The molecule has 0 atom stereocenters. The van der Waals surface area contributed by atoms with Gasteiger partial charge in [0.25, 0.3) is 0 Å².